The first-order valence-corrected chi connectivity index (χ1v) is 10.3. The summed E-state index contributed by atoms with van der Waals surface area (Å²) < 4.78 is 13.2. The number of fused-ring (bicyclic) bond motifs is 1. The number of carbonyl (C=O) groups is 1. The van der Waals surface area contributed by atoms with Crippen LogP contribution in [-0.4, -0.2) is 45.3 Å². The molecule has 0 saturated heterocycles. The molecule has 0 radical (unpaired) electrons. The monoisotopic (exact) mass is 400 g/mol. The fourth-order valence-corrected chi connectivity index (χ4v) is 4.32. The fourth-order valence-electron chi connectivity index (χ4n) is 3.49. The van der Waals surface area contributed by atoms with Crippen LogP contribution in [0.5, 0.6) is 0 Å². The molecule has 0 atom stereocenters. The van der Waals surface area contributed by atoms with Crippen molar-refractivity contribution in [2.75, 3.05) is 19.8 Å². The molecule has 28 heavy (non-hydrogen) atoms. The molecule has 148 valence electrons. The molecule has 0 aliphatic carbocycles. The van der Waals surface area contributed by atoms with Crippen LogP contribution < -0.4 is 0 Å². The van der Waals surface area contributed by atoms with Gasteiger partial charge < -0.3 is 14.1 Å². The van der Waals surface area contributed by atoms with Gasteiger partial charge in [-0.1, -0.05) is 0 Å². The molecule has 0 N–H and O–H groups in total. The van der Waals surface area contributed by atoms with Crippen LogP contribution in [0.4, 0.5) is 0 Å². The first-order valence-electron chi connectivity index (χ1n) is 9.51. The van der Waals surface area contributed by atoms with Crippen LogP contribution in [0.1, 0.15) is 38.5 Å². The molecule has 0 unspecified atom stereocenters. The average Bonchev–Trinajstić information content (AvgIpc) is 3.40. The van der Waals surface area contributed by atoms with Gasteiger partial charge in [-0.3, -0.25) is 9.48 Å². The molecule has 0 bridgehead atoms. The van der Waals surface area contributed by atoms with E-state index >= 15 is 0 Å². The van der Waals surface area contributed by atoms with Gasteiger partial charge in [-0.25, -0.2) is 4.98 Å². The number of rotatable bonds is 6. The van der Waals surface area contributed by atoms with Crippen LogP contribution in [0.3, 0.4) is 0 Å². The third-order valence-corrected chi connectivity index (χ3v) is 5.84. The Bertz CT molecular complexity index is 988. The Kier molecular flexibility index (Phi) is 5.32. The topological polar surface area (TPSA) is 73.4 Å². The molecule has 1 aliphatic rings. The first-order chi connectivity index (χ1) is 13.6. The van der Waals surface area contributed by atoms with Gasteiger partial charge in [0.1, 0.15) is 5.76 Å². The summed E-state index contributed by atoms with van der Waals surface area (Å²) >= 11 is 1.53. The molecule has 0 spiro atoms. The third-order valence-electron chi connectivity index (χ3n) is 4.85. The van der Waals surface area contributed by atoms with Crippen molar-refractivity contribution in [3.05, 3.63) is 45.1 Å². The standard InChI is InChI=1S/C20H24N4O3S/c1-4-26-10-9-24-16-7-8-23(20(25)17-6-5-14(3)28-17)12-15(16)18(22-24)19-21-11-13(2)27-19/h5-6,11H,4,7-10,12H2,1-3H3. The molecule has 0 aromatic carbocycles. The van der Waals surface area contributed by atoms with Gasteiger partial charge in [0.2, 0.25) is 5.89 Å². The molecule has 3 aromatic rings. The van der Waals surface area contributed by atoms with E-state index in [0.717, 1.165) is 38.9 Å². The summed E-state index contributed by atoms with van der Waals surface area (Å²) in [6, 6.07) is 3.89. The molecule has 8 heteroatoms. The molecular weight excluding hydrogens is 376 g/mol. The van der Waals surface area contributed by atoms with Crippen LogP contribution >= 0.6 is 11.3 Å². The van der Waals surface area contributed by atoms with Crippen molar-refractivity contribution in [3.8, 4) is 11.6 Å². The zero-order chi connectivity index (χ0) is 19.7. The predicted molar refractivity (Wildman–Crippen MR) is 106 cm³/mol. The molecule has 0 saturated carbocycles. The van der Waals surface area contributed by atoms with Crippen molar-refractivity contribution < 1.29 is 13.9 Å². The maximum Gasteiger partial charge on any atom is 0.264 e. The Labute approximate surface area is 167 Å². The molecule has 4 rings (SSSR count). The van der Waals surface area contributed by atoms with Crippen LogP contribution in [0.15, 0.2) is 22.7 Å². The van der Waals surface area contributed by atoms with Crippen molar-refractivity contribution in [1.82, 2.24) is 19.7 Å². The summed E-state index contributed by atoms with van der Waals surface area (Å²) in [5.74, 6) is 1.32. The molecule has 3 aromatic heterocycles. The molecule has 4 heterocycles. The number of thiophene rings is 1. The van der Waals surface area contributed by atoms with Gasteiger partial charge in [-0.05, 0) is 32.9 Å². The van der Waals surface area contributed by atoms with Gasteiger partial charge >= 0.3 is 0 Å². The highest BCUT2D eigenvalue weighted by Gasteiger charge is 2.30. The summed E-state index contributed by atoms with van der Waals surface area (Å²) in [6.45, 7) is 9.00. The summed E-state index contributed by atoms with van der Waals surface area (Å²) in [7, 11) is 0. The summed E-state index contributed by atoms with van der Waals surface area (Å²) in [5.41, 5.74) is 2.88. The second kappa shape index (κ2) is 7.89. The van der Waals surface area contributed by atoms with E-state index in [-0.39, 0.29) is 5.91 Å². The Balaban J connectivity index is 1.65. The lowest BCUT2D eigenvalue weighted by Gasteiger charge is -2.27. The highest BCUT2D eigenvalue weighted by Crippen LogP contribution is 2.31. The molecule has 7 nitrogen and oxygen atoms in total. The molecule has 0 fully saturated rings. The molecule has 1 amide bonds. The minimum Gasteiger partial charge on any atom is -0.440 e. The van der Waals surface area contributed by atoms with Crippen LogP contribution in [0.25, 0.3) is 11.6 Å². The van der Waals surface area contributed by atoms with E-state index in [1.54, 1.807) is 6.20 Å². The lowest BCUT2D eigenvalue weighted by atomic mass is 10.0. The lowest BCUT2D eigenvalue weighted by Crippen LogP contribution is -2.36. The number of nitrogens with zero attached hydrogens (tertiary/aromatic N) is 4. The van der Waals surface area contributed by atoms with Gasteiger partial charge in [0, 0.05) is 35.7 Å². The smallest absolute Gasteiger partial charge is 0.264 e. The summed E-state index contributed by atoms with van der Waals surface area (Å²) in [6.07, 6.45) is 2.45. The summed E-state index contributed by atoms with van der Waals surface area (Å²) in [5, 5.41) is 4.76. The second-order valence-corrected chi connectivity index (χ2v) is 8.14. The average molecular weight is 401 g/mol. The van der Waals surface area contributed by atoms with Crippen LogP contribution in [0, 0.1) is 13.8 Å². The third kappa shape index (κ3) is 3.62. The highest BCUT2D eigenvalue weighted by atomic mass is 32.1. The van der Waals surface area contributed by atoms with E-state index < -0.39 is 0 Å². The van der Waals surface area contributed by atoms with E-state index in [0.29, 0.717) is 38.7 Å². The Hall–Kier alpha value is -2.45. The van der Waals surface area contributed by atoms with Crippen molar-refractivity contribution in [3.63, 3.8) is 0 Å². The first kappa shape index (κ1) is 18.9. The van der Waals surface area contributed by atoms with Crippen LogP contribution in [0.2, 0.25) is 0 Å². The quantitative estimate of drug-likeness (QED) is 0.593. The number of aryl methyl sites for hydroxylation is 2. The van der Waals surface area contributed by atoms with E-state index in [9.17, 15) is 4.79 Å². The minimum atomic E-state index is 0.0698. The fraction of sp³-hybridized carbons (Fsp3) is 0.450. The van der Waals surface area contributed by atoms with Gasteiger partial charge in [-0.15, -0.1) is 11.3 Å². The second-order valence-electron chi connectivity index (χ2n) is 6.86. The largest absolute Gasteiger partial charge is 0.440 e. The number of oxazole rings is 1. The SMILES string of the molecule is CCOCCn1nc(-c2ncc(C)o2)c2c1CCN(C(=O)c1ccc(C)s1)C2. The van der Waals surface area contributed by atoms with Gasteiger partial charge in [0.05, 0.1) is 30.8 Å². The Morgan fingerprint density at radius 1 is 1.36 bits per heavy atom. The number of aromatic nitrogens is 3. The predicted octanol–water partition coefficient (Wildman–Crippen LogP) is 3.45. The van der Waals surface area contributed by atoms with E-state index in [4.69, 9.17) is 14.3 Å². The Morgan fingerprint density at radius 2 is 2.21 bits per heavy atom. The number of ether oxygens (including phenoxy) is 1. The van der Waals surface area contributed by atoms with Gasteiger partial charge in [-0.2, -0.15) is 5.10 Å². The zero-order valence-corrected chi connectivity index (χ0v) is 17.2. The number of hydrogen-bond acceptors (Lipinski definition) is 6. The number of carbonyl (C=O) groups excluding carboxylic acids is 1. The van der Waals surface area contributed by atoms with Crippen LogP contribution in [-0.2, 0) is 24.2 Å². The maximum absolute atomic E-state index is 12.9. The van der Waals surface area contributed by atoms with Crippen molar-refractivity contribution in [1.29, 1.82) is 0 Å². The molecular formula is C20H24N4O3S. The summed E-state index contributed by atoms with van der Waals surface area (Å²) in [4.78, 5) is 21.1. The van der Waals surface area contributed by atoms with Crippen molar-refractivity contribution in [2.45, 2.75) is 40.3 Å². The van der Waals surface area contributed by atoms with E-state index in [1.165, 1.54) is 11.3 Å². The normalized spacial score (nSPS) is 13.8. The van der Waals surface area contributed by atoms with E-state index in [1.807, 2.05) is 42.5 Å². The lowest BCUT2D eigenvalue weighted by molar-refractivity contribution is 0.0737. The number of hydrogen-bond donors (Lipinski definition) is 0. The maximum atomic E-state index is 12.9. The van der Waals surface area contributed by atoms with Gasteiger partial charge in [0.25, 0.3) is 5.91 Å². The number of amides is 1. The Morgan fingerprint density at radius 3 is 2.89 bits per heavy atom. The highest BCUT2D eigenvalue weighted by molar-refractivity contribution is 7.13. The van der Waals surface area contributed by atoms with Crippen molar-refractivity contribution in [2.24, 2.45) is 0 Å². The molecule has 1 aliphatic heterocycles. The van der Waals surface area contributed by atoms with Gasteiger partial charge in [0.15, 0.2) is 5.69 Å². The van der Waals surface area contributed by atoms with E-state index in [2.05, 4.69) is 4.98 Å². The zero-order valence-electron chi connectivity index (χ0n) is 16.4. The minimum absolute atomic E-state index is 0.0698. The van der Waals surface area contributed by atoms with Crippen molar-refractivity contribution >= 4 is 17.2 Å².